The summed E-state index contributed by atoms with van der Waals surface area (Å²) >= 11 is 6.05. The number of benzene rings is 1. The van der Waals surface area contributed by atoms with Gasteiger partial charge < -0.3 is 14.6 Å². The van der Waals surface area contributed by atoms with Gasteiger partial charge in [0.05, 0.1) is 19.2 Å². The number of carboxylic acids is 1. The van der Waals surface area contributed by atoms with Crippen LogP contribution < -0.4 is 9.47 Å². The van der Waals surface area contributed by atoms with Crippen LogP contribution in [0, 0.1) is 0 Å². The topological polar surface area (TPSA) is 68.7 Å². The quantitative estimate of drug-likeness (QED) is 0.938. The van der Waals surface area contributed by atoms with Crippen LogP contribution in [0.1, 0.15) is 10.4 Å². The van der Waals surface area contributed by atoms with Gasteiger partial charge in [-0.15, -0.1) is 0 Å². The summed E-state index contributed by atoms with van der Waals surface area (Å²) in [5, 5.41) is 9.58. The lowest BCUT2D eigenvalue weighted by Crippen LogP contribution is -2.02. The molecule has 0 amide bonds. The Balaban J connectivity index is 2.50. The Kier molecular flexibility index (Phi) is 4.10. The van der Waals surface area contributed by atoms with Crippen molar-refractivity contribution in [1.82, 2.24) is 4.98 Å². The maximum atomic E-state index is 11.2. The van der Waals surface area contributed by atoms with Crippen LogP contribution in [0.2, 0.25) is 5.02 Å². The van der Waals surface area contributed by atoms with E-state index in [9.17, 15) is 4.79 Å². The van der Waals surface area contributed by atoms with Crippen LogP contribution in [-0.2, 0) is 0 Å². The zero-order chi connectivity index (χ0) is 14.7. The predicted molar refractivity (Wildman–Crippen MR) is 74.7 cm³/mol. The molecule has 2 aromatic rings. The van der Waals surface area contributed by atoms with Crippen molar-refractivity contribution in [2.24, 2.45) is 0 Å². The number of aromatic nitrogens is 1. The Labute approximate surface area is 120 Å². The maximum absolute atomic E-state index is 11.2. The van der Waals surface area contributed by atoms with E-state index in [1.807, 2.05) is 0 Å². The standard InChI is InChI=1S/C14H12ClNO4/c1-19-12-4-3-8(6-11(12)15)9-5-10(14(17)18)13(20-2)16-7-9/h3-7H,1-2H3,(H,17,18). The second-order valence-corrected chi connectivity index (χ2v) is 4.34. The Morgan fingerprint density at radius 3 is 2.50 bits per heavy atom. The summed E-state index contributed by atoms with van der Waals surface area (Å²) in [7, 11) is 2.90. The summed E-state index contributed by atoms with van der Waals surface area (Å²) in [4.78, 5) is 15.2. The minimum atomic E-state index is -1.10. The van der Waals surface area contributed by atoms with Crippen LogP contribution in [0.5, 0.6) is 11.6 Å². The zero-order valence-corrected chi connectivity index (χ0v) is 11.6. The highest BCUT2D eigenvalue weighted by Gasteiger charge is 2.14. The molecule has 0 spiro atoms. The van der Waals surface area contributed by atoms with Gasteiger partial charge in [0.1, 0.15) is 11.3 Å². The third-order valence-electron chi connectivity index (χ3n) is 2.76. The van der Waals surface area contributed by atoms with Gasteiger partial charge in [0.15, 0.2) is 0 Å². The highest BCUT2D eigenvalue weighted by molar-refractivity contribution is 6.32. The van der Waals surface area contributed by atoms with Gasteiger partial charge in [0.25, 0.3) is 0 Å². The van der Waals surface area contributed by atoms with Crippen molar-refractivity contribution in [2.75, 3.05) is 14.2 Å². The molecule has 0 atom stereocenters. The largest absolute Gasteiger partial charge is 0.495 e. The summed E-state index contributed by atoms with van der Waals surface area (Å²) in [6, 6.07) is 6.67. The molecule has 20 heavy (non-hydrogen) atoms. The molecule has 0 bridgehead atoms. The fourth-order valence-electron chi connectivity index (χ4n) is 1.77. The van der Waals surface area contributed by atoms with Gasteiger partial charge in [-0.3, -0.25) is 0 Å². The van der Waals surface area contributed by atoms with Crippen LogP contribution in [0.4, 0.5) is 0 Å². The molecule has 0 fully saturated rings. The molecular formula is C14H12ClNO4. The number of hydrogen-bond acceptors (Lipinski definition) is 4. The highest BCUT2D eigenvalue weighted by atomic mass is 35.5. The van der Waals surface area contributed by atoms with Crippen LogP contribution in [0.25, 0.3) is 11.1 Å². The Hall–Kier alpha value is -2.27. The number of carbonyl (C=O) groups is 1. The van der Waals surface area contributed by atoms with E-state index in [2.05, 4.69) is 4.98 Å². The molecular weight excluding hydrogens is 282 g/mol. The van der Waals surface area contributed by atoms with Crippen molar-refractivity contribution in [3.63, 3.8) is 0 Å². The molecule has 1 N–H and O–H groups in total. The molecule has 0 saturated heterocycles. The van der Waals surface area contributed by atoms with E-state index in [1.54, 1.807) is 18.2 Å². The van der Waals surface area contributed by atoms with E-state index in [0.717, 1.165) is 5.56 Å². The number of ether oxygens (including phenoxy) is 2. The van der Waals surface area contributed by atoms with Gasteiger partial charge in [-0.25, -0.2) is 9.78 Å². The molecule has 5 nitrogen and oxygen atoms in total. The van der Waals surface area contributed by atoms with E-state index >= 15 is 0 Å². The minimum absolute atomic E-state index is 0.00283. The Bertz CT molecular complexity index is 658. The molecule has 1 aromatic carbocycles. The number of carboxylic acid groups (broad SMARTS) is 1. The molecule has 1 heterocycles. The minimum Gasteiger partial charge on any atom is -0.495 e. The van der Waals surface area contributed by atoms with Gasteiger partial charge >= 0.3 is 5.97 Å². The van der Waals surface area contributed by atoms with Gasteiger partial charge in [0.2, 0.25) is 5.88 Å². The van der Waals surface area contributed by atoms with E-state index in [-0.39, 0.29) is 11.4 Å². The number of rotatable bonds is 4. The number of halogens is 1. The smallest absolute Gasteiger partial charge is 0.341 e. The van der Waals surface area contributed by atoms with E-state index < -0.39 is 5.97 Å². The fourth-order valence-corrected chi connectivity index (χ4v) is 2.03. The molecule has 0 aliphatic rings. The van der Waals surface area contributed by atoms with Gasteiger partial charge in [-0.1, -0.05) is 17.7 Å². The first kappa shape index (κ1) is 14.1. The highest BCUT2D eigenvalue weighted by Crippen LogP contribution is 2.31. The van der Waals surface area contributed by atoms with Crippen molar-refractivity contribution in [3.8, 4) is 22.8 Å². The molecule has 0 saturated carbocycles. The Morgan fingerprint density at radius 2 is 1.95 bits per heavy atom. The third kappa shape index (κ3) is 2.67. The summed E-state index contributed by atoms with van der Waals surface area (Å²) in [6.45, 7) is 0. The summed E-state index contributed by atoms with van der Waals surface area (Å²) in [5.41, 5.74) is 1.37. The lowest BCUT2D eigenvalue weighted by molar-refractivity contribution is 0.0692. The van der Waals surface area contributed by atoms with Crippen molar-refractivity contribution in [1.29, 1.82) is 0 Å². The van der Waals surface area contributed by atoms with Gasteiger partial charge in [-0.2, -0.15) is 0 Å². The monoisotopic (exact) mass is 293 g/mol. The SMILES string of the molecule is COc1ccc(-c2cnc(OC)c(C(=O)O)c2)cc1Cl. The van der Waals surface area contributed by atoms with E-state index in [1.165, 1.54) is 26.5 Å². The summed E-state index contributed by atoms with van der Waals surface area (Å²) in [5.74, 6) is -0.480. The van der Waals surface area contributed by atoms with Crippen molar-refractivity contribution in [2.45, 2.75) is 0 Å². The molecule has 1 aromatic heterocycles. The van der Waals surface area contributed by atoms with Crippen molar-refractivity contribution < 1.29 is 19.4 Å². The first-order valence-electron chi connectivity index (χ1n) is 5.68. The molecule has 0 radical (unpaired) electrons. The second kappa shape index (κ2) is 5.79. The predicted octanol–water partition coefficient (Wildman–Crippen LogP) is 3.12. The molecule has 104 valence electrons. The van der Waals surface area contributed by atoms with Crippen LogP contribution >= 0.6 is 11.6 Å². The first-order valence-corrected chi connectivity index (χ1v) is 6.06. The van der Waals surface area contributed by atoms with Gasteiger partial charge in [-0.05, 0) is 23.8 Å². The van der Waals surface area contributed by atoms with Crippen LogP contribution in [0.15, 0.2) is 30.5 Å². The van der Waals surface area contributed by atoms with Crippen LogP contribution in [-0.4, -0.2) is 30.3 Å². The number of aromatic carboxylic acids is 1. The van der Waals surface area contributed by atoms with Gasteiger partial charge in [0, 0.05) is 11.8 Å². The zero-order valence-electron chi connectivity index (χ0n) is 10.9. The lowest BCUT2D eigenvalue weighted by atomic mass is 10.1. The van der Waals surface area contributed by atoms with E-state index in [0.29, 0.717) is 16.3 Å². The number of nitrogens with zero attached hydrogens (tertiary/aromatic N) is 1. The van der Waals surface area contributed by atoms with Crippen molar-refractivity contribution in [3.05, 3.63) is 41.0 Å². The first-order chi connectivity index (χ1) is 9.56. The fraction of sp³-hybridized carbons (Fsp3) is 0.143. The van der Waals surface area contributed by atoms with Crippen LogP contribution in [0.3, 0.4) is 0 Å². The summed E-state index contributed by atoms with van der Waals surface area (Å²) in [6.07, 6.45) is 1.53. The summed E-state index contributed by atoms with van der Waals surface area (Å²) < 4.78 is 9.99. The molecule has 0 aliphatic carbocycles. The number of methoxy groups -OCH3 is 2. The molecule has 0 aliphatic heterocycles. The maximum Gasteiger partial charge on any atom is 0.341 e. The number of hydrogen-bond donors (Lipinski definition) is 1. The Morgan fingerprint density at radius 1 is 1.20 bits per heavy atom. The third-order valence-corrected chi connectivity index (χ3v) is 3.06. The molecule has 2 rings (SSSR count). The molecule has 6 heteroatoms. The van der Waals surface area contributed by atoms with Crippen molar-refractivity contribution >= 4 is 17.6 Å². The van der Waals surface area contributed by atoms with E-state index in [4.69, 9.17) is 26.2 Å². The second-order valence-electron chi connectivity index (χ2n) is 3.94. The normalized spacial score (nSPS) is 10.2. The number of pyridine rings is 1. The average molecular weight is 294 g/mol. The lowest BCUT2D eigenvalue weighted by Gasteiger charge is -2.08. The molecule has 0 unspecified atom stereocenters. The average Bonchev–Trinajstić information content (AvgIpc) is 2.46.